The van der Waals surface area contributed by atoms with Crippen LogP contribution in [-0.4, -0.2) is 42.5 Å². The van der Waals surface area contributed by atoms with Crippen LogP contribution in [0.25, 0.3) is 0 Å². The van der Waals surface area contributed by atoms with E-state index in [1.165, 1.54) is 48.5 Å². The molecule has 2 heterocycles. The highest BCUT2D eigenvalue weighted by atomic mass is 127. The van der Waals surface area contributed by atoms with Crippen LogP contribution in [0.5, 0.6) is 0 Å². The zero-order valence-electron chi connectivity index (χ0n) is 17.6. The Balaban J connectivity index is 0.00000300. The second-order valence-corrected chi connectivity index (χ2v) is 8.28. The van der Waals surface area contributed by atoms with Gasteiger partial charge in [-0.15, -0.1) is 35.3 Å². The normalized spacial score (nSPS) is 15.0. The lowest BCUT2D eigenvalue weighted by Crippen LogP contribution is -2.37. The average molecular weight is 528 g/mol. The number of guanidine groups is 1. The molecule has 3 rings (SSSR count). The van der Waals surface area contributed by atoms with Crippen LogP contribution < -0.4 is 10.6 Å². The predicted octanol–water partition coefficient (Wildman–Crippen LogP) is 4.22. The van der Waals surface area contributed by atoms with E-state index in [1.54, 1.807) is 11.3 Å². The van der Waals surface area contributed by atoms with Crippen molar-refractivity contribution in [3.05, 3.63) is 51.5 Å². The van der Waals surface area contributed by atoms with Gasteiger partial charge in [-0.05, 0) is 43.5 Å². The molecular formula is C22H34IN5S. The lowest BCUT2D eigenvalue weighted by atomic mass is 10.1. The number of nitrogens with zero attached hydrogens (tertiary/aromatic N) is 3. The number of hydrogen-bond donors (Lipinski definition) is 2. The molecule has 1 aliphatic rings. The van der Waals surface area contributed by atoms with Gasteiger partial charge < -0.3 is 10.6 Å². The summed E-state index contributed by atoms with van der Waals surface area (Å²) in [7, 11) is 1.81. The predicted molar refractivity (Wildman–Crippen MR) is 134 cm³/mol. The van der Waals surface area contributed by atoms with E-state index in [-0.39, 0.29) is 24.0 Å². The molecule has 0 aliphatic carbocycles. The van der Waals surface area contributed by atoms with Crippen LogP contribution in [0.3, 0.4) is 0 Å². The number of hydrogen-bond acceptors (Lipinski definition) is 4. The number of nitrogens with one attached hydrogen (secondary N) is 2. The SMILES string of the molecule is CCc1nc(CCNC(=NC)NCc2ccc(CN3CCCCC3)cc2)cs1.I. The fraction of sp³-hybridized carbons (Fsp3) is 0.545. The molecule has 0 bridgehead atoms. The Labute approximate surface area is 196 Å². The van der Waals surface area contributed by atoms with Crippen LogP contribution in [0, 0.1) is 0 Å². The monoisotopic (exact) mass is 527 g/mol. The quantitative estimate of drug-likeness (QED) is 0.307. The standard InChI is InChI=1S/C22H33N5S.HI/c1-3-21-26-20(17-28-21)11-12-24-22(23-2)25-15-18-7-9-19(10-8-18)16-27-13-5-4-6-14-27;/h7-10,17H,3-6,11-16H2,1-2H3,(H2,23,24,25);1H. The van der Waals surface area contributed by atoms with Crippen LogP contribution in [0.1, 0.15) is 48.0 Å². The lowest BCUT2D eigenvalue weighted by molar-refractivity contribution is 0.221. The second kappa shape index (κ2) is 13.2. The third-order valence-corrected chi connectivity index (χ3v) is 6.18. The minimum atomic E-state index is 0. The van der Waals surface area contributed by atoms with E-state index in [0.29, 0.717) is 0 Å². The lowest BCUT2D eigenvalue weighted by Gasteiger charge is -2.26. The second-order valence-electron chi connectivity index (χ2n) is 7.34. The summed E-state index contributed by atoms with van der Waals surface area (Å²) >= 11 is 1.75. The fourth-order valence-electron chi connectivity index (χ4n) is 3.48. The third-order valence-electron chi connectivity index (χ3n) is 5.14. The Morgan fingerprint density at radius 2 is 1.83 bits per heavy atom. The van der Waals surface area contributed by atoms with Gasteiger partial charge in [-0.1, -0.05) is 37.6 Å². The summed E-state index contributed by atoms with van der Waals surface area (Å²) in [5.41, 5.74) is 3.84. The number of rotatable bonds is 8. The van der Waals surface area contributed by atoms with E-state index in [9.17, 15) is 0 Å². The Bertz CT molecular complexity index is 738. The maximum absolute atomic E-state index is 4.61. The first-order valence-corrected chi connectivity index (χ1v) is 11.3. The molecule has 1 saturated heterocycles. The molecule has 0 spiro atoms. The van der Waals surface area contributed by atoms with E-state index in [2.05, 4.69) is 62.1 Å². The highest BCUT2D eigenvalue weighted by Gasteiger charge is 2.10. The zero-order chi connectivity index (χ0) is 19.6. The van der Waals surface area contributed by atoms with Crippen molar-refractivity contribution in [1.82, 2.24) is 20.5 Å². The Morgan fingerprint density at radius 1 is 1.10 bits per heavy atom. The molecule has 2 N–H and O–H groups in total. The summed E-state index contributed by atoms with van der Waals surface area (Å²) in [6, 6.07) is 8.97. The van der Waals surface area contributed by atoms with Crippen molar-refractivity contribution < 1.29 is 0 Å². The van der Waals surface area contributed by atoms with Crippen LogP contribution >= 0.6 is 35.3 Å². The molecule has 0 unspecified atom stereocenters. The number of aliphatic imine (C=N–C) groups is 1. The van der Waals surface area contributed by atoms with Gasteiger partial charge in [0.1, 0.15) is 0 Å². The van der Waals surface area contributed by atoms with Crippen LogP contribution in [0.15, 0.2) is 34.6 Å². The Kier molecular flexibility index (Phi) is 10.9. The number of benzene rings is 1. The van der Waals surface area contributed by atoms with Crippen molar-refractivity contribution in [2.45, 2.75) is 52.1 Å². The largest absolute Gasteiger partial charge is 0.356 e. The molecule has 0 radical (unpaired) electrons. The van der Waals surface area contributed by atoms with Crippen molar-refractivity contribution >= 4 is 41.3 Å². The van der Waals surface area contributed by atoms with Crippen molar-refractivity contribution in [1.29, 1.82) is 0 Å². The van der Waals surface area contributed by atoms with Gasteiger partial charge in [0, 0.05) is 38.5 Å². The smallest absolute Gasteiger partial charge is 0.191 e. The Morgan fingerprint density at radius 3 is 2.48 bits per heavy atom. The maximum Gasteiger partial charge on any atom is 0.191 e. The van der Waals surface area contributed by atoms with Gasteiger partial charge in [0.2, 0.25) is 0 Å². The molecule has 2 aromatic rings. The summed E-state index contributed by atoms with van der Waals surface area (Å²) in [4.78, 5) is 11.5. The number of aromatic nitrogens is 1. The molecule has 0 amide bonds. The van der Waals surface area contributed by atoms with Gasteiger partial charge in [0.05, 0.1) is 10.7 Å². The molecule has 1 aliphatic heterocycles. The first-order valence-electron chi connectivity index (χ1n) is 10.4. The summed E-state index contributed by atoms with van der Waals surface area (Å²) in [5.74, 6) is 0.836. The molecule has 1 fully saturated rings. The van der Waals surface area contributed by atoms with E-state index in [0.717, 1.165) is 44.1 Å². The minimum Gasteiger partial charge on any atom is -0.356 e. The third kappa shape index (κ3) is 8.22. The fourth-order valence-corrected chi connectivity index (χ4v) is 4.26. The van der Waals surface area contributed by atoms with E-state index >= 15 is 0 Å². The number of piperidine rings is 1. The number of halogens is 1. The van der Waals surface area contributed by atoms with Crippen molar-refractivity contribution in [2.24, 2.45) is 4.99 Å². The van der Waals surface area contributed by atoms with E-state index < -0.39 is 0 Å². The maximum atomic E-state index is 4.61. The summed E-state index contributed by atoms with van der Waals surface area (Å²) in [6.07, 6.45) is 6.01. The average Bonchev–Trinajstić information content (AvgIpc) is 3.20. The van der Waals surface area contributed by atoms with E-state index in [4.69, 9.17) is 0 Å². The zero-order valence-corrected chi connectivity index (χ0v) is 20.8. The van der Waals surface area contributed by atoms with Gasteiger partial charge in [0.15, 0.2) is 5.96 Å². The van der Waals surface area contributed by atoms with Gasteiger partial charge >= 0.3 is 0 Å². The number of likely N-dealkylation sites (tertiary alicyclic amines) is 1. The first-order chi connectivity index (χ1) is 13.8. The van der Waals surface area contributed by atoms with Crippen molar-refractivity contribution in [3.63, 3.8) is 0 Å². The van der Waals surface area contributed by atoms with Gasteiger partial charge in [0.25, 0.3) is 0 Å². The number of aryl methyl sites for hydroxylation is 1. The summed E-state index contributed by atoms with van der Waals surface area (Å²) in [5, 5.41) is 10.1. The van der Waals surface area contributed by atoms with E-state index in [1.807, 2.05) is 7.05 Å². The molecule has 1 aromatic carbocycles. The van der Waals surface area contributed by atoms with Crippen LogP contribution in [0.4, 0.5) is 0 Å². The molecule has 0 atom stereocenters. The Hall–Kier alpha value is -1.19. The topological polar surface area (TPSA) is 52.6 Å². The van der Waals surface area contributed by atoms with Gasteiger partial charge in [-0.25, -0.2) is 4.98 Å². The molecule has 29 heavy (non-hydrogen) atoms. The van der Waals surface area contributed by atoms with Gasteiger partial charge in [-0.2, -0.15) is 0 Å². The number of thiazole rings is 1. The van der Waals surface area contributed by atoms with Crippen LogP contribution in [0.2, 0.25) is 0 Å². The molecular weight excluding hydrogens is 493 g/mol. The first kappa shape index (κ1) is 24.1. The minimum absolute atomic E-state index is 0. The van der Waals surface area contributed by atoms with Gasteiger partial charge in [-0.3, -0.25) is 9.89 Å². The highest BCUT2D eigenvalue weighted by molar-refractivity contribution is 14.0. The van der Waals surface area contributed by atoms with Crippen molar-refractivity contribution in [2.75, 3.05) is 26.7 Å². The molecule has 7 heteroatoms. The molecule has 160 valence electrons. The summed E-state index contributed by atoms with van der Waals surface area (Å²) < 4.78 is 0. The molecule has 5 nitrogen and oxygen atoms in total. The summed E-state index contributed by atoms with van der Waals surface area (Å²) in [6.45, 7) is 7.32. The molecule has 0 saturated carbocycles. The van der Waals surface area contributed by atoms with Crippen molar-refractivity contribution in [3.8, 4) is 0 Å². The highest BCUT2D eigenvalue weighted by Crippen LogP contribution is 2.13. The molecule has 1 aromatic heterocycles. The van der Waals surface area contributed by atoms with Crippen LogP contribution in [-0.2, 0) is 25.9 Å².